The zero-order valence-electron chi connectivity index (χ0n) is 15.8. The zero-order valence-corrected chi connectivity index (χ0v) is 16.5. The van der Waals surface area contributed by atoms with Crippen molar-refractivity contribution in [2.75, 3.05) is 17.2 Å². The van der Waals surface area contributed by atoms with Crippen LogP contribution in [0.5, 0.6) is 0 Å². The molecule has 0 spiro atoms. The third-order valence-electron chi connectivity index (χ3n) is 5.42. The summed E-state index contributed by atoms with van der Waals surface area (Å²) in [7, 11) is 0. The molecule has 6 nitrogen and oxygen atoms in total. The van der Waals surface area contributed by atoms with Crippen molar-refractivity contribution in [1.29, 1.82) is 5.26 Å². The number of hydrogen-bond donors (Lipinski definition) is 3. The van der Waals surface area contributed by atoms with Crippen LogP contribution in [0.2, 0.25) is 5.02 Å². The molecule has 3 N–H and O–H groups in total. The number of halogens is 1. The van der Waals surface area contributed by atoms with Gasteiger partial charge in [-0.05, 0) is 43.0 Å². The van der Waals surface area contributed by atoms with Gasteiger partial charge in [0.05, 0.1) is 12.3 Å². The van der Waals surface area contributed by atoms with Crippen molar-refractivity contribution < 1.29 is 5.11 Å². The van der Waals surface area contributed by atoms with Crippen LogP contribution in [-0.4, -0.2) is 33.8 Å². The van der Waals surface area contributed by atoms with Gasteiger partial charge in [-0.15, -0.1) is 0 Å². The Labute approximate surface area is 164 Å². The van der Waals surface area contributed by atoms with Crippen LogP contribution in [0, 0.1) is 23.7 Å². The van der Waals surface area contributed by atoms with Crippen molar-refractivity contribution in [3.05, 3.63) is 46.1 Å². The van der Waals surface area contributed by atoms with Gasteiger partial charge in [-0.1, -0.05) is 31.5 Å². The summed E-state index contributed by atoms with van der Waals surface area (Å²) >= 11 is 6.00. The fraction of sp³-hybridized carbons (Fsp3) is 0.450. The largest absolute Gasteiger partial charge is 0.392 e. The Morgan fingerprint density at radius 1 is 1.41 bits per heavy atom. The minimum absolute atomic E-state index is 0.0686. The Bertz CT molecular complexity index is 877. The molecular formula is C20H24ClN5O. The molecule has 3 rings (SSSR count). The molecule has 0 bridgehead atoms. The van der Waals surface area contributed by atoms with Crippen molar-refractivity contribution in [3.8, 4) is 6.07 Å². The first-order chi connectivity index (χ1) is 12.8. The number of aliphatic hydroxyl groups excluding tert-OH is 1. The number of nitrogens with one attached hydrogen (secondary N) is 2. The molecule has 1 heterocycles. The molecule has 1 aromatic carbocycles. The predicted octanol–water partition coefficient (Wildman–Crippen LogP) is 3.54. The predicted molar refractivity (Wildman–Crippen MR) is 107 cm³/mol. The molecule has 142 valence electrons. The van der Waals surface area contributed by atoms with Crippen LogP contribution in [0.15, 0.2) is 24.4 Å². The van der Waals surface area contributed by atoms with E-state index >= 15 is 0 Å². The lowest BCUT2D eigenvalue weighted by Crippen LogP contribution is -2.57. The van der Waals surface area contributed by atoms with Crippen molar-refractivity contribution in [2.24, 2.45) is 5.41 Å². The number of rotatable bonds is 6. The molecule has 0 unspecified atom stereocenters. The molecule has 1 fully saturated rings. The third kappa shape index (κ3) is 4.15. The highest BCUT2D eigenvalue weighted by Crippen LogP contribution is 2.42. The average molecular weight is 386 g/mol. The molecule has 2 aromatic rings. The van der Waals surface area contributed by atoms with Crippen molar-refractivity contribution in [3.63, 3.8) is 0 Å². The highest BCUT2D eigenvalue weighted by Gasteiger charge is 2.47. The summed E-state index contributed by atoms with van der Waals surface area (Å²) in [5.41, 5.74) is 2.51. The van der Waals surface area contributed by atoms with Gasteiger partial charge in [0.25, 0.3) is 0 Å². The Balaban J connectivity index is 1.65. The van der Waals surface area contributed by atoms with E-state index in [1.165, 1.54) is 11.8 Å². The molecule has 0 radical (unpaired) electrons. The summed E-state index contributed by atoms with van der Waals surface area (Å²) in [5, 5.41) is 26.5. The van der Waals surface area contributed by atoms with Crippen LogP contribution < -0.4 is 10.6 Å². The van der Waals surface area contributed by atoms with Crippen LogP contribution in [0.3, 0.4) is 0 Å². The lowest BCUT2D eigenvalue weighted by Gasteiger charge is -2.49. The van der Waals surface area contributed by atoms with E-state index in [-0.39, 0.29) is 17.6 Å². The summed E-state index contributed by atoms with van der Waals surface area (Å²) in [5.74, 6) is 0.975. The summed E-state index contributed by atoms with van der Waals surface area (Å²) < 4.78 is 0. The molecule has 0 amide bonds. The monoisotopic (exact) mass is 385 g/mol. The Morgan fingerprint density at radius 3 is 2.81 bits per heavy atom. The molecule has 1 aromatic heterocycles. The molecular weight excluding hydrogens is 362 g/mol. The summed E-state index contributed by atoms with van der Waals surface area (Å²) in [6, 6.07) is 8.05. The Kier molecular flexibility index (Phi) is 5.54. The maximum Gasteiger partial charge on any atom is 0.224 e. The number of aryl methyl sites for hydroxylation is 1. The van der Waals surface area contributed by atoms with Crippen molar-refractivity contribution >= 4 is 23.4 Å². The summed E-state index contributed by atoms with van der Waals surface area (Å²) in [6.45, 7) is 6.71. The van der Waals surface area contributed by atoms with Gasteiger partial charge < -0.3 is 15.7 Å². The van der Waals surface area contributed by atoms with E-state index in [2.05, 4.69) is 26.7 Å². The second-order valence-corrected chi connectivity index (χ2v) is 8.02. The Hall–Kier alpha value is -2.36. The number of aromatic nitrogens is 2. The molecule has 2 atom stereocenters. The molecule has 7 heteroatoms. The van der Waals surface area contributed by atoms with Gasteiger partial charge in [-0.3, -0.25) is 0 Å². The summed E-state index contributed by atoms with van der Waals surface area (Å²) in [4.78, 5) is 8.69. The normalized spacial score (nSPS) is 20.4. The molecule has 1 aliphatic rings. The second kappa shape index (κ2) is 7.71. The Morgan fingerprint density at radius 2 is 2.19 bits per heavy atom. The zero-order chi connectivity index (χ0) is 19.6. The number of nitriles is 1. The van der Waals surface area contributed by atoms with E-state index in [1.54, 1.807) is 0 Å². The standard InChI is InChI=1S/C20H24ClN5O/c1-12-8-15(21)5-4-13(12)6-7-23-19-24-11-14(10-22)18(26-19)25-16-9-17(27)20(16,2)3/h4-5,8,11,16-17,27H,6-7,9H2,1-3H3,(H2,23,24,25,26)/t16-,17+/m1/s1. The minimum Gasteiger partial charge on any atom is -0.392 e. The smallest absolute Gasteiger partial charge is 0.224 e. The van der Waals surface area contributed by atoms with Gasteiger partial charge in [0.15, 0.2) is 0 Å². The maximum atomic E-state index is 9.91. The van der Waals surface area contributed by atoms with Gasteiger partial charge in [0, 0.05) is 23.0 Å². The van der Waals surface area contributed by atoms with Gasteiger partial charge in [-0.25, -0.2) is 4.98 Å². The minimum atomic E-state index is -0.345. The highest BCUT2D eigenvalue weighted by atomic mass is 35.5. The number of aliphatic hydroxyl groups is 1. The third-order valence-corrected chi connectivity index (χ3v) is 5.65. The highest BCUT2D eigenvalue weighted by molar-refractivity contribution is 6.30. The van der Waals surface area contributed by atoms with E-state index < -0.39 is 0 Å². The topological polar surface area (TPSA) is 93.9 Å². The number of hydrogen-bond acceptors (Lipinski definition) is 6. The fourth-order valence-electron chi connectivity index (χ4n) is 3.22. The van der Waals surface area contributed by atoms with E-state index in [1.807, 2.05) is 39.0 Å². The van der Waals surface area contributed by atoms with Gasteiger partial charge in [0.1, 0.15) is 17.5 Å². The van der Waals surface area contributed by atoms with E-state index in [0.29, 0.717) is 30.3 Å². The van der Waals surface area contributed by atoms with Crippen LogP contribution >= 0.6 is 11.6 Å². The second-order valence-electron chi connectivity index (χ2n) is 7.59. The fourth-order valence-corrected chi connectivity index (χ4v) is 3.45. The lowest BCUT2D eigenvalue weighted by atomic mass is 9.64. The maximum absolute atomic E-state index is 9.91. The first kappa shape index (κ1) is 19.4. The van der Waals surface area contributed by atoms with Crippen LogP contribution in [0.1, 0.15) is 37.0 Å². The van der Waals surface area contributed by atoms with Gasteiger partial charge >= 0.3 is 0 Å². The molecule has 1 aliphatic carbocycles. The van der Waals surface area contributed by atoms with E-state index in [0.717, 1.165) is 17.0 Å². The van der Waals surface area contributed by atoms with Crippen molar-refractivity contribution in [1.82, 2.24) is 9.97 Å². The van der Waals surface area contributed by atoms with Crippen LogP contribution in [-0.2, 0) is 6.42 Å². The number of anilines is 2. The molecule has 1 saturated carbocycles. The first-order valence-electron chi connectivity index (χ1n) is 9.02. The summed E-state index contributed by atoms with van der Waals surface area (Å²) in [6.07, 6.45) is 2.63. The molecule has 27 heavy (non-hydrogen) atoms. The van der Waals surface area contributed by atoms with Crippen molar-refractivity contribution in [2.45, 2.75) is 45.8 Å². The molecule has 0 saturated heterocycles. The van der Waals surface area contributed by atoms with Gasteiger partial charge in [-0.2, -0.15) is 10.2 Å². The van der Waals surface area contributed by atoms with Crippen LogP contribution in [0.25, 0.3) is 0 Å². The SMILES string of the molecule is Cc1cc(Cl)ccc1CCNc1ncc(C#N)c(N[C@@H]2C[C@H](O)C2(C)C)n1. The van der Waals surface area contributed by atoms with E-state index in [9.17, 15) is 10.4 Å². The lowest BCUT2D eigenvalue weighted by molar-refractivity contribution is -0.0511. The molecule has 0 aliphatic heterocycles. The number of benzene rings is 1. The quantitative estimate of drug-likeness (QED) is 0.704. The van der Waals surface area contributed by atoms with E-state index in [4.69, 9.17) is 11.6 Å². The average Bonchev–Trinajstić information content (AvgIpc) is 2.63. The van der Waals surface area contributed by atoms with Gasteiger partial charge in [0.2, 0.25) is 5.95 Å². The van der Waals surface area contributed by atoms with Crippen LogP contribution in [0.4, 0.5) is 11.8 Å². The number of nitrogens with zero attached hydrogens (tertiary/aromatic N) is 3. The first-order valence-corrected chi connectivity index (χ1v) is 9.39.